The molecule has 0 aliphatic carbocycles. The second-order valence-corrected chi connectivity index (χ2v) is 4.52. The van der Waals surface area contributed by atoms with Crippen molar-refractivity contribution in [1.29, 1.82) is 0 Å². The van der Waals surface area contributed by atoms with E-state index in [1.54, 1.807) is 29.8 Å². The van der Waals surface area contributed by atoms with Gasteiger partial charge in [0.2, 0.25) is 0 Å². The number of halogens is 1. The van der Waals surface area contributed by atoms with Crippen molar-refractivity contribution in [2.75, 3.05) is 7.11 Å². The van der Waals surface area contributed by atoms with Crippen molar-refractivity contribution in [2.24, 2.45) is 5.16 Å². The monoisotopic (exact) mass is 312 g/mol. The summed E-state index contributed by atoms with van der Waals surface area (Å²) in [4.78, 5) is 15.9. The number of carboxylic acid groups (broad SMARTS) is 1. The summed E-state index contributed by atoms with van der Waals surface area (Å²) in [6.45, 7) is 1.68. The maximum atomic E-state index is 12.9. The van der Waals surface area contributed by atoms with Crippen LogP contribution in [0.1, 0.15) is 28.4 Å². The number of nitrogens with zero attached hydrogens (tertiary/aromatic N) is 2. The fraction of sp³-hybridized carbons (Fsp3) is 0.200. The van der Waals surface area contributed by atoms with Crippen LogP contribution in [0.4, 0.5) is 4.39 Å². The molecule has 0 N–H and O–H groups in total. The predicted molar refractivity (Wildman–Crippen MR) is 73.5 cm³/mol. The number of hydrogen-bond acceptors (Lipinski definition) is 4. The van der Waals surface area contributed by atoms with Crippen LogP contribution >= 0.6 is 0 Å². The maximum Gasteiger partial charge on any atom is 1.00 e. The number of oxime groups is 1. The van der Waals surface area contributed by atoms with Gasteiger partial charge in [-0.25, -0.2) is 4.39 Å². The summed E-state index contributed by atoms with van der Waals surface area (Å²) >= 11 is 0. The Labute approximate surface area is 149 Å². The molecule has 0 spiro atoms. The molecule has 1 aromatic heterocycles. The van der Waals surface area contributed by atoms with Crippen LogP contribution in [0, 0.1) is 5.82 Å². The zero-order valence-electron chi connectivity index (χ0n) is 12.7. The average molecular weight is 312 g/mol. The molecule has 7 heteroatoms. The first-order chi connectivity index (χ1) is 10.0. The van der Waals surface area contributed by atoms with Gasteiger partial charge in [-0.3, -0.25) is 0 Å². The third kappa shape index (κ3) is 4.43. The number of hydrogen-bond donors (Lipinski definition) is 0. The zero-order chi connectivity index (χ0) is 15.4. The molecule has 0 radical (unpaired) electrons. The first-order valence-electron chi connectivity index (χ1n) is 6.26. The summed E-state index contributed by atoms with van der Waals surface area (Å²) in [5.74, 6) is -1.11. The van der Waals surface area contributed by atoms with E-state index in [4.69, 9.17) is 0 Å². The number of carbonyl (C=O) groups is 1. The van der Waals surface area contributed by atoms with Crippen molar-refractivity contribution in [3.8, 4) is 0 Å². The van der Waals surface area contributed by atoms with Crippen molar-refractivity contribution >= 4 is 11.8 Å². The molecule has 0 bridgehead atoms. The van der Waals surface area contributed by atoms with Crippen LogP contribution < -0.4 is 34.7 Å². The number of rotatable bonds is 4. The van der Waals surface area contributed by atoms with Gasteiger partial charge in [-0.2, -0.15) is 0 Å². The molecule has 0 saturated heterocycles. The molecule has 110 valence electrons. The molecule has 2 aromatic rings. The molecule has 1 heterocycles. The van der Waals surface area contributed by atoms with Gasteiger partial charge in [-0.1, -0.05) is 17.3 Å². The second-order valence-electron chi connectivity index (χ2n) is 4.52. The van der Waals surface area contributed by atoms with Gasteiger partial charge in [0, 0.05) is 18.0 Å². The summed E-state index contributed by atoms with van der Waals surface area (Å²) < 4.78 is 14.4. The molecule has 0 aliphatic rings. The van der Waals surface area contributed by atoms with Gasteiger partial charge in [0.25, 0.3) is 0 Å². The fourth-order valence-electron chi connectivity index (χ4n) is 2.01. The van der Waals surface area contributed by atoms with Gasteiger partial charge in [-0.15, -0.1) is 0 Å². The van der Waals surface area contributed by atoms with Crippen LogP contribution in [0.5, 0.6) is 0 Å². The molecule has 1 aromatic carbocycles. The van der Waals surface area contributed by atoms with Gasteiger partial charge < -0.3 is 19.3 Å². The number of carbonyl (C=O) groups excluding carboxylic acids is 1. The molecule has 0 saturated carbocycles. The van der Waals surface area contributed by atoms with Crippen molar-refractivity contribution in [3.05, 3.63) is 59.2 Å². The van der Waals surface area contributed by atoms with Gasteiger partial charge in [0.15, 0.2) is 0 Å². The summed E-state index contributed by atoms with van der Waals surface area (Å²) in [6, 6.07) is 5.90. The van der Waals surface area contributed by atoms with Crippen molar-refractivity contribution in [3.63, 3.8) is 0 Å². The van der Waals surface area contributed by atoms with E-state index in [1.165, 1.54) is 25.4 Å². The van der Waals surface area contributed by atoms with Crippen LogP contribution in [0.2, 0.25) is 0 Å². The summed E-state index contributed by atoms with van der Waals surface area (Å²) in [7, 11) is 1.41. The number of carboxylic acids is 1. The van der Waals surface area contributed by atoms with Crippen LogP contribution in [-0.2, 0) is 11.3 Å². The zero-order valence-corrected chi connectivity index (χ0v) is 14.7. The Bertz CT molecular complexity index is 681. The molecular formula is C15H14FN2NaO3. The number of aromatic carboxylic acids is 1. The van der Waals surface area contributed by atoms with Crippen LogP contribution in [0.3, 0.4) is 0 Å². The smallest absolute Gasteiger partial charge is 0.545 e. The molecule has 0 aliphatic heterocycles. The van der Waals surface area contributed by atoms with Crippen LogP contribution in [0.25, 0.3) is 0 Å². The Morgan fingerprint density at radius 3 is 2.50 bits per heavy atom. The Morgan fingerprint density at radius 2 is 1.95 bits per heavy atom. The first kappa shape index (κ1) is 18.4. The average Bonchev–Trinajstić information content (AvgIpc) is 2.86. The second kappa shape index (κ2) is 8.12. The Kier molecular flexibility index (Phi) is 6.80. The minimum atomic E-state index is -1.27. The molecule has 22 heavy (non-hydrogen) atoms. The summed E-state index contributed by atoms with van der Waals surface area (Å²) in [6.07, 6.45) is 3.43. The quantitative estimate of drug-likeness (QED) is 0.296. The molecule has 2 rings (SSSR count). The van der Waals surface area contributed by atoms with E-state index in [2.05, 4.69) is 9.99 Å². The van der Waals surface area contributed by atoms with E-state index in [-0.39, 0.29) is 40.9 Å². The summed E-state index contributed by atoms with van der Waals surface area (Å²) in [5.41, 5.74) is 1.44. The SMILES string of the molecule is CO/N=C(/C)n1cc(Cc2ccc(F)cc2)c(C(=O)[O-])c1.[Na+]. The van der Waals surface area contributed by atoms with Gasteiger partial charge in [0.1, 0.15) is 18.8 Å². The van der Waals surface area contributed by atoms with Crippen LogP contribution in [-0.4, -0.2) is 23.5 Å². The molecule has 0 unspecified atom stereocenters. The molecule has 0 atom stereocenters. The Hall–Kier alpha value is -1.63. The molecule has 5 nitrogen and oxygen atoms in total. The topological polar surface area (TPSA) is 66.7 Å². The third-order valence-electron chi connectivity index (χ3n) is 3.03. The van der Waals surface area contributed by atoms with E-state index in [0.717, 1.165) is 5.56 Å². The minimum absolute atomic E-state index is 0. The van der Waals surface area contributed by atoms with E-state index >= 15 is 0 Å². The largest absolute Gasteiger partial charge is 1.00 e. The van der Waals surface area contributed by atoms with Gasteiger partial charge in [0.05, 0.1) is 5.97 Å². The van der Waals surface area contributed by atoms with E-state index in [0.29, 0.717) is 17.8 Å². The standard InChI is InChI=1S/C15H15FN2O3.Na/c1-10(17-21-2)18-8-12(14(9-18)15(19)20)7-11-3-5-13(16)6-4-11;/h3-6,8-9H,7H2,1-2H3,(H,19,20);/q;+1/p-1/b17-10-;. The first-order valence-corrected chi connectivity index (χ1v) is 6.26. The minimum Gasteiger partial charge on any atom is -0.545 e. The van der Waals surface area contributed by atoms with Crippen molar-refractivity contribution < 1.29 is 48.7 Å². The van der Waals surface area contributed by atoms with E-state index in [9.17, 15) is 14.3 Å². The van der Waals surface area contributed by atoms with Crippen molar-refractivity contribution in [2.45, 2.75) is 13.3 Å². The summed E-state index contributed by atoms with van der Waals surface area (Å²) in [5, 5.41) is 14.9. The Balaban J connectivity index is 0.00000242. The number of benzene rings is 1. The maximum absolute atomic E-state index is 12.9. The number of aromatic nitrogens is 1. The molecule has 0 amide bonds. The van der Waals surface area contributed by atoms with Gasteiger partial charge in [-0.05, 0) is 36.6 Å². The van der Waals surface area contributed by atoms with E-state index < -0.39 is 5.97 Å². The Morgan fingerprint density at radius 1 is 1.32 bits per heavy atom. The van der Waals surface area contributed by atoms with Crippen LogP contribution in [0.15, 0.2) is 41.8 Å². The van der Waals surface area contributed by atoms with Crippen molar-refractivity contribution in [1.82, 2.24) is 4.57 Å². The van der Waals surface area contributed by atoms with Gasteiger partial charge >= 0.3 is 29.6 Å². The molecular weight excluding hydrogens is 298 g/mol. The van der Waals surface area contributed by atoms with E-state index in [1.807, 2.05) is 0 Å². The fourth-order valence-corrected chi connectivity index (χ4v) is 2.01. The molecule has 0 fully saturated rings. The third-order valence-corrected chi connectivity index (χ3v) is 3.03. The normalized spacial score (nSPS) is 11.0. The predicted octanol–water partition coefficient (Wildman–Crippen LogP) is -1.59.